The molecule has 1 fully saturated rings. The number of nitriles is 1. The number of aromatic nitrogens is 2. The zero-order valence-electron chi connectivity index (χ0n) is 9.97. The van der Waals surface area contributed by atoms with E-state index in [1.807, 2.05) is 18.3 Å². The molecule has 5 nitrogen and oxygen atoms in total. The molecule has 3 heterocycles. The Balaban J connectivity index is 1.75. The fourth-order valence-electron chi connectivity index (χ4n) is 2.18. The Hall–Kier alpha value is -2.06. The predicted molar refractivity (Wildman–Crippen MR) is 67.3 cm³/mol. The van der Waals surface area contributed by atoms with Crippen LogP contribution in [0.2, 0.25) is 0 Å². The first-order chi connectivity index (χ1) is 8.86. The highest BCUT2D eigenvalue weighted by Crippen LogP contribution is 2.16. The van der Waals surface area contributed by atoms with Gasteiger partial charge in [0.25, 0.3) is 0 Å². The van der Waals surface area contributed by atoms with Crippen LogP contribution in [-0.4, -0.2) is 29.4 Å². The third-order valence-corrected chi connectivity index (χ3v) is 3.26. The van der Waals surface area contributed by atoms with E-state index < -0.39 is 0 Å². The van der Waals surface area contributed by atoms with Gasteiger partial charge in [-0.05, 0) is 18.6 Å². The number of rotatable bonds is 3. The van der Waals surface area contributed by atoms with Gasteiger partial charge in [0.1, 0.15) is 6.07 Å². The molecule has 2 aromatic rings. The average Bonchev–Trinajstić information content (AvgIpc) is 3.05. The van der Waals surface area contributed by atoms with Gasteiger partial charge in [0.15, 0.2) is 0 Å². The molecule has 0 saturated carbocycles. The van der Waals surface area contributed by atoms with E-state index in [1.165, 1.54) is 0 Å². The van der Waals surface area contributed by atoms with Crippen molar-refractivity contribution in [2.24, 2.45) is 5.92 Å². The minimum Gasteiger partial charge on any atom is -0.383 e. The SMILES string of the molecule is N#Cc1cnn2cc(NCC3CCOC3)ccc12. The van der Waals surface area contributed by atoms with E-state index in [4.69, 9.17) is 10.00 Å². The van der Waals surface area contributed by atoms with Gasteiger partial charge in [-0.3, -0.25) is 0 Å². The van der Waals surface area contributed by atoms with Crippen molar-refractivity contribution in [2.75, 3.05) is 25.1 Å². The molecule has 2 aromatic heterocycles. The smallest absolute Gasteiger partial charge is 0.103 e. The Morgan fingerprint density at radius 1 is 1.56 bits per heavy atom. The third-order valence-electron chi connectivity index (χ3n) is 3.26. The number of nitrogens with zero attached hydrogens (tertiary/aromatic N) is 3. The summed E-state index contributed by atoms with van der Waals surface area (Å²) in [7, 11) is 0. The highest BCUT2D eigenvalue weighted by Gasteiger charge is 2.15. The van der Waals surface area contributed by atoms with Crippen LogP contribution in [0.3, 0.4) is 0 Å². The molecule has 1 aliphatic heterocycles. The van der Waals surface area contributed by atoms with Gasteiger partial charge in [-0.25, -0.2) is 4.52 Å². The molecular weight excluding hydrogens is 228 g/mol. The number of ether oxygens (including phenoxy) is 1. The van der Waals surface area contributed by atoms with Gasteiger partial charge in [-0.1, -0.05) is 0 Å². The third kappa shape index (κ3) is 2.03. The van der Waals surface area contributed by atoms with Crippen LogP contribution in [0.25, 0.3) is 5.52 Å². The average molecular weight is 242 g/mol. The summed E-state index contributed by atoms with van der Waals surface area (Å²) in [5, 5.41) is 16.4. The second-order valence-corrected chi connectivity index (χ2v) is 4.53. The first-order valence-electron chi connectivity index (χ1n) is 6.06. The van der Waals surface area contributed by atoms with Crippen LogP contribution in [-0.2, 0) is 4.74 Å². The Bertz CT molecular complexity index is 593. The fraction of sp³-hybridized carbons (Fsp3) is 0.385. The molecule has 1 unspecified atom stereocenters. The van der Waals surface area contributed by atoms with Crippen LogP contribution in [0.1, 0.15) is 12.0 Å². The van der Waals surface area contributed by atoms with Crippen molar-refractivity contribution in [3.05, 3.63) is 30.1 Å². The molecule has 1 saturated heterocycles. The molecule has 0 aliphatic carbocycles. The number of nitrogens with one attached hydrogen (secondary N) is 1. The lowest BCUT2D eigenvalue weighted by Crippen LogP contribution is -2.14. The molecule has 0 spiro atoms. The second kappa shape index (κ2) is 4.67. The molecule has 0 bridgehead atoms. The number of hydrogen-bond acceptors (Lipinski definition) is 4. The molecule has 1 aliphatic rings. The van der Waals surface area contributed by atoms with Crippen LogP contribution < -0.4 is 5.32 Å². The van der Waals surface area contributed by atoms with Crippen molar-refractivity contribution in [1.82, 2.24) is 9.61 Å². The van der Waals surface area contributed by atoms with Gasteiger partial charge in [0, 0.05) is 19.1 Å². The lowest BCUT2D eigenvalue weighted by atomic mass is 10.1. The van der Waals surface area contributed by atoms with Crippen molar-refractivity contribution in [3.63, 3.8) is 0 Å². The van der Waals surface area contributed by atoms with Crippen LogP contribution in [0.4, 0.5) is 5.69 Å². The maximum absolute atomic E-state index is 8.91. The quantitative estimate of drug-likeness (QED) is 0.889. The van der Waals surface area contributed by atoms with Gasteiger partial charge in [-0.2, -0.15) is 10.4 Å². The standard InChI is InChI=1S/C13H14N4O/c14-5-11-7-16-17-8-12(1-2-13(11)17)15-6-10-3-4-18-9-10/h1-2,7-8,10,15H,3-4,6,9H2. The van der Waals surface area contributed by atoms with Crippen molar-refractivity contribution >= 4 is 11.2 Å². The van der Waals surface area contributed by atoms with E-state index in [-0.39, 0.29) is 0 Å². The van der Waals surface area contributed by atoms with Crippen molar-refractivity contribution in [3.8, 4) is 6.07 Å². The Kier molecular flexibility index (Phi) is 2.87. The lowest BCUT2D eigenvalue weighted by Gasteiger charge is -2.10. The zero-order chi connectivity index (χ0) is 12.4. The van der Waals surface area contributed by atoms with E-state index in [0.29, 0.717) is 11.5 Å². The molecule has 92 valence electrons. The number of pyridine rings is 1. The number of fused-ring (bicyclic) bond motifs is 1. The van der Waals surface area contributed by atoms with E-state index in [0.717, 1.165) is 37.4 Å². The molecule has 1 N–H and O–H groups in total. The normalized spacial score (nSPS) is 18.9. The molecule has 0 aromatic carbocycles. The van der Waals surface area contributed by atoms with Gasteiger partial charge in [0.05, 0.1) is 35.8 Å². The Morgan fingerprint density at radius 3 is 3.28 bits per heavy atom. The van der Waals surface area contributed by atoms with Crippen molar-refractivity contribution in [2.45, 2.75) is 6.42 Å². The van der Waals surface area contributed by atoms with E-state index in [1.54, 1.807) is 10.7 Å². The summed E-state index contributed by atoms with van der Waals surface area (Å²) < 4.78 is 7.07. The number of hydrogen-bond donors (Lipinski definition) is 1. The number of anilines is 1. The van der Waals surface area contributed by atoms with Crippen LogP contribution >= 0.6 is 0 Å². The highest BCUT2D eigenvalue weighted by molar-refractivity contribution is 5.62. The minimum atomic E-state index is 0.591. The maximum Gasteiger partial charge on any atom is 0.103 e. The summed E-state index contributed by atoms with van der Waals surface area (Å²) in [6.07, 6.45) is 4.62. The summed E-state index contributed by atoms with van der Waals surface area (Å²) in [6.45, 7) is 2.63. The Labute approximate surface area is 105 Å². The van der Waals surface area contributed by atoms with E-state index in [9.17, 15) is 0 Å². The highest BCUT2D eigenvalue weighted by atomic mass is 16.5. The van der Waals surface area contributed by atoms with E-state index in [2.05, 4.69) is 16.5 Å². The molecular formula is C13H14N4O. The molecule has 0 amide bonds. The predicted octanol–water partition coefficient (Wildman–Crippen LogP) is 1.65. The molecule has 18 heavy (non-hydrogen) atoms. The largest absolute Gasteiger partial charge is 0.383 e. The summed E-state index contributed by atoms with van der Waals surface area (Å²) in [6, 6.07) is 6.02. The van der Waals surface area contributed by atoms with Gasteiger partial charge < -0.3 is 10.1 Å². The second-order valence-electron chi connectivity index (χ2n) is 4.53. The summed E-state index contributed by atoms with van der Waals surface area (Å²) in [5.41, 5.74) is 2.46. The van der Waals surface area contributed by atoms with Crippen LogP contribution in [0.15, 0.2) is 24.5 Å². The summed E-state index contributed by atoms with van der Waals surface area (Å²) in [4.78, 5) is 0. The minimum absolute atomic E-state index is 0.591. The van der Waals surface area contributed by atoms with Crippen molar-refractivity contribution < 1.29 is 4.74 Å². The van der Waals surface area contributed by atoms with Crippen LogP contribution in [0, 0.1) is 17.2 Å². The lowest BCUT2D eigenvalue weighted by molar-refractivity contribution is 0.187. The fourth-order valence-corrected chi connectivity index (χ4v) is 2.18. The maximum atomic E-state index is 8.91. The summed E-state index contributed by atoms with van der Waals surface area (Å²) >= 11 is 0. The topological polar surface area (TPSA) is 62.4 Å². The first-order valence-corrected chi connectivity index (χ1v) is 6.06. The van der Waals surface area contributed by atoms with Gasteiger partial charge >= 0.3 is 0 Å². The van der Waals surface area contributed by atoms with Gasteiger partial charge in [0.2, 0.25) is 0 Å². The first kappa shape index (κ1) is 11.1. The molecule has 5 heteroatoms. The van der Waals surface area contributed by atoms with Gasteiger partial charge in [-0.15, -0.1) is 0 Å². The van der Waals surface area contributed by atoms with Crippen molar-refractivity contribution in [1.29, 1.82) is 5.26 Å². The van der Waals surface area contributed by atoms with E-state index >= 15 is 0 Å². The van der Waals surface area contributed by atoms with Crippen LogP contribution in [0.5, 0.6) is 0 Å². The summed E-state index contributed by atoms with van der Waals surface area (Å²) in [5.74, 6) is 0.591. The molecule has 0 radical (unpaired) electrons. The monoisotopic (exact) mass is 242 g/mol. The zero-order valence-corrected chi connectivity index (χ0v) is 9.97. The molecule has 3 rings (SSSR count). The molecule has 1 atom stereocenters. The Morgan fingerprint density at radius 2 is 2.50 bits per heavy atom.